The largest absolute Gasteiger partial charge is 0.375 e. The lowest BCUT2D eigenvalue weighted by Gasteiger charge is -2.28. The molecule has 0 aromatic rings. The Labute approximate surface area is 86.8 Å². The fourth-order valence-corrected chi connectivity index (χ4v) is 1.96. The third kappa shape index (κ3) is 3.45. The van der Waals surface area contributed by atoms with Crippen molar-refractivity contribution in [2.75, 3.05) is 7.05 Å². The first-order valence-electron chi connectivity index (χ1n) is 5.21. The Hall–Kier alpha value is 0.210. The molecule has 2 aliphatic carbocycles. The molecule has 78 valence electrons. The number of halogens is 1. The van der Waals surface area contributed by atoms with Gasteiger partial charge in [0.1, 0.15) is 0 Å². The van der Waals surface area contributed by atoms with Crippen molar-refractivity contribution in [3.05, 3.63) is 0 Å². The van der Waals surface area contributed by atoms with E-state index in [1.54, 1.807) is 0 Å². The Morgan fingerprint density at radius 3 is 1.77 bits per heavy atom. The van der Waals surface area contributed by atoms with Crippen LogP contribution in [-0.2, 0) is 4.74 Å². The molecule has 2 rings (SSSR count). The molecule has 2 nitrogen and oxygen atoms in total. The second-order valence-electron chi connectivity index (χ2n) is 4.10. The van der Waals surface area contributed by atoms with Crippen LogP contribution in [0.25, 0.3) is 0 Å². The minimum Gasteiger partial charge on any atom is -0.375 e. The molecule has 0 radical (unpaired) electrons. The van der Waals surface area contributed by atoms with Gasteiger partial charge in [0.2, 0.25) is 0 Å². The van der Waals surface area contributed by atoms with Gasteiger partial charge in [-0.25, -0.2) is 0 Å². The van der Waals surface area contributed by atoms with Gasteiger partial charge in [-0.05, 0) is 45.6 Å². The lowest BCUT2D eigenvalue weighted by atomic mass is 9.93. The van der Waals surface area contributed by atoms with E-state index in [0.717, 1.165) is 6.04 Å². The third-order valence-corrected chi connectivity index (χ3v) is 2.99. The highest BCUT2D eigenvalue weighted by molar-refractivity contribution is 5.85. The minimum atomic E-state index is 0. The van der Waals surface area contributed by atoms with Gasteiger partial charge in [-0.2, -0.15) is 0 Å². The number of hydrogen-bond acceptors (Lipinski definition) is 2. The van der Waals surface area contributed by atoms with Gasteiger partial charge in [-0.1, -0.05) is 0 Å². The van der Waals surface area contributed by atoms with Crippen molar-refractivity contribution < 1.29 is 4.74 Å². The maximum Gasteiger partial charge on any atom is 0.0580 e. The summed E-state index contributed by atoms with van der Waals surface area (Å²) in [5.74, 6) is 0. The molecule has 0 aromatic heterocycles. The standard InChI is InChI=1S/C10H19NO.ClH/c1-11-8-2-4-9(5-3-8)12-10-6-7-10;/h8-11H,2-7H2,1H3;1H/t8-,9-;. The first kappa shape index (κ1) is 11.3. The summed E-state index contributed by atoms with van der Waals surface area (Å²) in [5, 5.41) is 3.34. The average Bonchev–Trinajstić information content (AvgIpc) is 2.90. The molecular formula is C10H20ClNO. The normalized spacial score (nSPS) is 33.9. The molecule has 1 N–H and O–H groups in total. The van der Waals surface area contributed by atoms with Crippen LogP contribution in [0.2, 0.25) is 0 Å². The molecule has 0 bridgehead atoms. The van der Waals surface area contributed by atoms with Crippen molar-refractivity contribution >= 4 is 12.4 Å². The average molecular weight is 206 g/mol. The van der Waals surface area contributed by atoms with Gasteiger partial charge in [0.25, 0.3) is 0 Å². The van der Waals surface area contributed by atoms with E-state index in [-0.39, 0.29) is 12.4 Å². The quantitative estimate of drug-likeness (QED) is 0.762. The summed E-state index contributed by atoms with van der Waals surface area (Å²) < 4.78 is 5.87. The van der Waals surface area contributed by atoms with Crippen LogP contribution < -0.4 is 5.32 Å². The molecule has 0 heterocycles. The second-order valence-corrected chi connectivity index (χ2v) is 4.10. The van der Waals surface area contributed by atoms with E-state index in [0.29, 0.717) is 12.2 Å². The fraction of sp³-hybridized carbons (Fsp3) is 1.00. The molecular weight excluding hydrogens is 186 g/mol. The van der Waals surface area contributed by atoms with Crippen molar-refractivity contribution in [1.82, 2.24) is 5.32 Å². The van der Waals surface area contributed by atoms with Crippen LogP contribution in [0, 0.1) is 0 Å². The SMILES string of the molecule is CN[C@H]1CC[C@H](OC2CC2)CC1.Cl. The van der Waals surface area contributed by atoms with E-state index in [9.17, 15) is 0 Å². The molecule has 0 aromatic carbocycles. The third-order valence-electron chi connectivity index (χ3n) is 2.99. The van der Waals surface area contributed by atoms with Crippen LogP contribution in [0.3, 0.4) is 0 Å². The molecule has 0 unspecified atom stereocenters. The molecule has 0 atom stereocenters. The highest BCUT2D eigenvalue weighted by Gasteiger charge is 2.28. The summed E-state index contributed by atoms with van der Waals surface area (Å²) in [6.45, 7) is 0. The number of rotatable bonds is 3. The van der Waals surface area contributed by atoms with Crippen LogP contribution in [0.4, 0.5) is 0 Å². The molecule has 13 heavy (non-hydrogen) atoms. The van der Waals surface area contributed by atoms with Gasteiger partial charge in [0.15, 0.2) is 0 Å². The molecule has 2 fully saturated rings. The van der Waals surface area contributed by atoms with E-state index in [2.05, 4.69) is 12.4 Å². The van der Waals surface area contributed by atoms with Crippen LogP contribution in [-0.4, -0.2) is 25.3 Å². The lowest BCUT2D eigenvalue weighted by molar-refractivity contribution is 0.0115. The number of ether oxygens (including phenoxy) is 1. The van der Waals surface area contributed by atoms with Crippen molar-refractivity contribution in [3.8, 4) is 0 Å². The highest BCUT2D eigenvalue weighted by Crippen LogP contribution is 2.30. The van der Waals surface area contributed by atoms with E-state index < -0.39 is 0 Å². The molecule has 0 saturated heterocycles. The van der Waals surface area contributed by atoms with Gasteiger partial charge in [-0.3, -0.25) is 0 Å². The Balaban J connectivity index is 0.000000845. The summed E-state index contributed by atoms with van der Waals surface area (Å²) >= 11 is 0. The highest BCUT2D eigenvalue weighted by atomic mass is 35.5. The minimum absolute atomic E-state index is 0. The van der Waals surface area contributed by atoms with Gasteiger partial charge >= 0.3 is 0 Å². The smallest absolute Gasteiger partial charge is 0.0580 e. The molecule has 0 amide bonds. The van der Waals surface area contributed by atoms with Crippen molar-refractivity contribution in [3.63, 3.8) is 0 Å². The topological polar surface area (TPSA) is 21.3 Å². The zero-order chi connectivity index (χ0) is 8.39. The van der Waals surface area contributed by atoms with E-state index >= 15 is 0 Å². The van der Waals surface area contributed by atoms with E-state index in [1.807, 2.05) is 0 Å². The molecule has 3 heteroatoms. The first-order chi connectivity index (χ1) is 5.88. The summed E-state index contributed by atoms with van der Waals surface area (Å²) in [6, 6.07) is 0.754. The molecule has 2 aliphatic rings. The predicted molar refractivity (Wildman–Crippen MR) is 56.5 cm³/mol. The number of nitrogens with one attached hydrogen (secondary N) is 1. The van der Waals surface area contributed by atoms with Crippen molar-refractivity contribution in [2.45, 2.75) is 56.8 Å². The number of hydrogen-bond donors (Lipinski definition) is 1. The zero-order valence-electron chi connectivity index (χ0n) is 8.29. The van der Waals surface area contributed by atoms with Gasteiger partial charge in [0, 0.05) is 6.04 Å². The zero-order valence-corrected chi connectivity index (χ0v) is 9.11. The van der Waals surface area contributed by atoms with Crippen molar-refractivity contribution in [1.29, 1.82) is 0 Å². The Kier molecular flexibility index (Phi) is 4.50. The summed E-state index contributed by atoms with van der Waals surface area (Å²) in [4.78, 5) is 0. The Morgan fingerprint density at radius 1 is 0.923 bits per heavy atom. The van der Waals surface area contributed by atoms with E-state index in [1.165, 1.54) is 38.5 Å². The first-order valence-corrected chi connectivity index (χ1v) is 5.21. The van der Waals surface area contributed by atoms with Crippen molar-refractivity contribution in [2.24, 2.45) is 0 Å². The van der Waals surface area contributed by atoms with E-state index in [4.69, 9.17) is 4.74 Å². The maximum atomic E-state index is 5.87. The predicted octanol–water partition coefficient (Wildman–Crippen LogP) is 2.12. The van der Waals surface area contributed by atoms with Gasteiger partial charge in [-0.15, -0.1) is 12.4 Å². The Morgan fingerprint density at radius 2 is 1.38 bits per heavy atom. The molecule has 0 aliphatic heterocycles. The van der Waals surface area contributed by atoms with Crippen LogP contribution >= 0.6 is 12.4 Å². The van der Waals surface area contributed by atoms with Gasteiger partial charge in [0.05, 0.1) is 12.2 Å². The van der Waals surface area contributed by atoms with Crippen LogP contribution in [0.5, 0.6) is 0 Å². The monoisotopic (exact) mass is 205 g/mol. The summed E-state index contributed by atoms with van der Waals surface area (Å²) in [7, 11) is 2.06. The van der Waals surface area contributed by atoms with Gasteiger partial charge < -0.3 is 10.1 Å². The van der Waals surface area contributed by atoms with Crippen LogP contribution in [0.15, 0.2) is 0 Å². The van der Waals surface area contributed by atoms with Crippen LogP contribution in [0.1, 0.15) is 38.5 Å². The Bertz CT molecular complexity index is 142. The molecule has 0 spiro atoms. The lowest BCUT2D eigenvalue weighted by Crippen LogP contribution is -2.33. The molecule has 2 saturated carbocycles. The fourth-order valence-electron chi connectivity index (χ4n) is 1.96. The second kappa shape index (κ2) is 5.18. The maximum absolute atomic E-state index is 5.87. The summed E-state index contributed by atoms with van der Waals surface area (Å²) in [6.07, 6.45) is 8.98. The summed E-state index contributed by atoms with van der Waals surface area (Å²) in [5.41, 5.74) is 0.